The van der Waals surface area contributed by atoms with Gasteiger partial charge in [0.25, 0.3) is 0 Å². The predicted molar refractivity (Wildman–Crippen MR) is 81.2 cm³/mol. The molecule has 1 aromatic heterocycles. The minimum absolute atomic E-state index is 0.541. The van der Waals surface area contributed by atoms with Gasteiger partial charge in [-0.15, -0.1) is 0 Å². The molecule has 108 valence electrons. The first-order chi connectivity index (χ1) is 8.99. The van der Waals surface area contributed by atoms with Crippen LogP contribution in [0, 0.1) is 5.92 Å². The lowest BCUT2D eigenvalue weighted by Crippen LogP contribution is -2.38. The second-order valence-electron chi connectivity index (χ2n) is 5.96. The zero-order valence-electron chi connectivity index (χ0n) is 12.2. The Kier molecular flexibility index (Phi) is 4.72. The summed E-state index contributed by atoms with van der Waals surface area (Å²) in [5.41, 5.74) is 1.68. The van der Waals surface area contributed by atoms with E-state index in [1.165, 1.54) is 12.8 Å². The van der Waals surface area contributed by atoms with Gasteiger partial charge in [0.15, 0.2) is 0 Å². The third kappa shape index (κ3) is 3.22. The third-order valence-electron chi connectivity index (χ3n) is 4.50. The van der Waals surface area contributed by atoms with Crippen molar-refractivity contribution >= 4 is 15.9 Å². The van der Waals surface area contributed by atoms with Crippen LogP contribution in [0.4, 0.5) is 0 Å². The van der Waals surface area contributed by atoms with Gasteiger partial charge in [0.1, 0.15) is 0 Å². The first kappa shape index (κ1) is 15.0. The van der Waals surface area contributed by atoms with E-state index in [0.717, 1.165) is 41.5 Å². The molecule has 2 unspecified atom stereocenters. The average molecular weight is 329 g/mol. The lowest BCUT2D eigenvalue weighted by atomic mass is 9.75. The van der Waals surface area contributed by atoms with Gasteiger partial charge in [0, 0.05) is 13.5 Å². The fourth-order valence-corrected chi connectivity index (χ4v) is 4.05. The Balaban J connectivity index is 2.18. The maximum atomic E-state index is 10.9. The van der Waals surface area contributed by atoms with E-state index in [9.17, 15) is 5.11 Å². The molecule has 1 N–H and O–H groups in total. The SMILES string of the molecule is CCc1nn(C)c(CC2(O)CCCC(CC)C2)c1Br. The molecule has 1 heterocycles. The van der Waals surface area contributed by atoms with E-state index < -0.39 is 5.60 Å². The maximum Gasteiger partial charge on any atom is 0.0766 e. The largest absolute Gasteiger partial charge is 0.389 e. The molecular formula is C15H25BrN2O. The molecule has 0 saturated heterocycles. The van der Waals surface area contributed by atoms with Gasteiger partial charge in [-0.3, -0.25) is 4.68 Å². The quantitative estimate of drug-likeness (QED) is 0.916. The van der Waals surface area contributed by atoms with Crippen LogP contribution in [0.5, 0.6) is 0 Å². The highest BCUT2D eigenvalue weighted by Gasteiger charge is 2.35. The second-order valence-corrected chi connectivity index (χ2v) is 6.75. The van der Waals surface area contributed by atoms with Crippen LogP contribution < -0.4 is 0 Å². The van der Waals surface area contributed by atoms with E-state index in [2.05, 4.69) is 34.9 Å². The first-order valence-corrected chi connectivity index (χ1v) is 8.21. The molecule has 4 heteroatoms. The minimum Gasteiger partial charge on any atom is -0.389 e. The first-order valence-electron chi connectivity index (χ1n) is 7.41. The monoisotopic (exact) mass is 328 g/mol. The fourth-order valence-electron chi connectivity index (χ4n) is 3.29. The zero-order valence-corrected chi connectivity index (χ0v) is 13.8. The van der Waals surface area contributed by atoms with Crippen molar-refractivity contribution in [1.82, 2.24) is 9.78 Å². The van der Waals surface area contributed by atoms with E-state index in [1.807, 2.05) is 11.7 Å². The molecule has 19 heavy (non-hydrogen) atoms. The Hall–Kier alpha value is -0.350. The molecule has 0 radical (unpaired) electrons. The molecule has 2 rings (SSSR count). The number of aliphatic hydroxyl groups is 1. The molecule has 1 aromatic rings. The third-order valence-corrected chi connectivity index (χ3v) is 5.42. The number of nitrogens with zero attached hydrogens (tertiary/aromatic N) is 2. The van der Waals surface area contributed by atoms with Gasteiger partial charge in [-0.2, -0.15) is 5.10 Å². The van der Waals surface area contributed by atoms with Crippen LogP contribution >= 0.6 is 15.9 Å². The Labute approximate surface area is 124 Å². The van der Waals surface area contributed by atoms with Crippen molar-refractivity contribution in [1.29, 1.82) is 0 Å². The number of aryl methyl sites for hydroxylation is 2. The Morgan fingerprint density at radius 3 is 2.79 bits per heavy atom. The van der Waals surface area contributed by atoms with E-state index in [-0.39, 0.29) is 0 Å². The van der Waals surface area contributed by atoms with Crippen LogP contribution in [-0.2, 0) is 19.9 Å². The molecule has 1 aliphatic carbocycles. The van der Waals surface area contributed by atoms with Crippen LogP contribution in [0.1, 0.15) is 57.3 Å². The van der Waals surface area contributed by atoms with Gasteiger partial charge in [0.2, 0.25) is 0 Å². The van der Waals surface area contributed by atoms with Crippen molar-refractivity contribution in [2.45, 2.75) is 64.4 Å². The summed E-state index contributed by atoms with van der Waals surface area (Å²) >= 11 is 3.65. The van der Waals surface area contributed by atoms with E-state index in [0.29, 0.717) is 12.3 Å². The summed E-state index contributed by atoms with van der Waals surface area (Å²) in [5.74, 6) is 0.677. The van der Waals surface area contributed by atoms with Crippen LogP contribution in [0.15, 0.2) is 4.47 Å². The second kappa shape index (κ2) is 5.96. The summed E-state index contributed by atoms with van der Waals surface area (Å²) in [4.78, 5) is 0. The summed E-state index contributed by atoms with van der Waals surface area (Å²) in [5, 5.41) is 15.4. The Morgan fingerprint density at radius 1 is 1.47 bits per heavy atom. The molecule has 1 aliphatic rings. The smallest absolute Gasteiger partial charge is 0.0766 e. The number of hydrogen-bond donors (Lipinski definition) is 1. The van der Waals surface area contributed by atoms with Gasteiger partial charge in [-0.1, -0.05) is 33.1 Å². The number of halogens is 1. The topological polar surface area (TPSA) is 38.0 Å². The number of hydrogen-bond acceptors (Lipinski definition) is 2. The molecule has 0 bridgehead atoms. The molecule has 0 amide bonds. The zero-order chi connectivity index (χ0) is 14.0. The van der Waals surface area contributed by atoms with E-state index in [4.69, 9.17) is 0 Å². The standard InChI is InChI=1S/C15H25BrN2O/c1-4-11-7-6-8-15(19,9-11)10-13-14(16)12(5-2)17-18(13)3/h11,19H,4-10H2,1-3H3. The summed E-state index contributed by atoms with van der Waals surface area (Å²) in [6.45, 7) is 4.34. The van der Waals surface area contributed by atoms with Crippen LogP contribution in [0.2, 0.25) is 0 Å². The van der Waals surface area contributed by atoms with E-state index >= 15 is 0 Å². The fraction of sp³-hybridized carbons (Fsp3) is 0.800. The number of aromatic nitrogens is 2. The van der Waals surface area contributed by atoms with Gasteiger partial charge in [0.05, 0.1) is 21.5 Å². The summed E-state index contributed by atoms with van der Waals surface area (Å²) in [7, 11) is 1.97. The highest BCUT2D eigenvalue weighted by atomic mass is 79.9. The average Bonchev–Trinajstić information content (AvgIpc) is 2.66. The van der Waals surface area contributed by atoms with Crippen LogP contribution in [0.3, 0.4) is 0 Å². The molecule has 0 aliphatic heterocycles. The summed E-state index contributed by atoms with van der Waals surface area (Å²) < 4.78 is 3.01. The van der Waals surface area contributed by atoms with Gasteiger partial charge in [-0.25, -0.2) is 0 Å². The maximum absolute atomic E-state index is 10.9. The molecule has 1 fully saturated rings. The molecule has 3 nitrogen and oxygen atoms in total. The van der Waals surface area contributed by atoms with Gasteiger partial charge >= 0.3 is 0 Å². The van der Waals surface area contributed by atoms with Gasteiger partial charge in [-0.05, 0) is 41.1 Å². The molecule has 2 atom stereocenters. The minimum atomic E-state index is -0.541. The molecule has 1 saturated carbocycles. The van der Waals surface area contributed by atoms with Crippen LogP contribution in [0.25, 0.3) is 0 Å². The van der Waals surface area contributed by atoms with Crippen molar-refractivity contribution in [3.05, 3.63) is 15.9 Å². The predicted octanol–water partition coefficient (Wildman–Crippen LogP) is 3.62. The lowest BCUT2D eigenvalue weighted by molar-refractivity contribution is -0.0177. The van der Waals surface area contributed by atoms with Crippen LogP contribution in [-0.4, -0.2) is 20.5 Å². The Bertz CT molecular complexity index is 444. The molecule has 0 spiro atoms. The summed E-state index contributed by atoms with van der Waals surface area (Å²) in [6.07, 6.45) is 7.08. The van der Waals surface area contributed by atoms with Crippen molar-refractivity contribution < 1.29 is 5.11 Å². The normalized spacial score (nSPS) is 27.7. The molecular weight excluding hydrogens is 304 g/mol. The van der Waals surface area contributed by atoms with Gasteiger partial charge < -0.3 is 5.11 Å². The van der Waals surface area contributed by atoms with Crippen molar-refractivity contribution in [2.24, 2.45) is 13.0 Å². The Morgan fingerprint density at radius 2 is 2.21 bits per heavy atom. The molecule has 0 aromatic carbocycles. The lowest BCUT2D eigenvalue weighted by Gasteiger charge is -2.36. The highest BCUT2D eigenvalue weighted by Crippen LogP contribution is 2.37. The van der Waals surface area contributed by atoms with E-state index in [1.54, 1.807) is 0 Å². The van der Waals surface area contributed by atoms with Crippen molar-refractivity contribution in [3.8, 4) is 0 Å². The number of rotatable bonds is 4. The van der Waals surface area contributed by atoms with Crippen molar-refractivity contribution in [2.75, 3.05) is 0 Å². The summed E-state index contributed by atoms with van der Waals surface area (Å²) in [6, 6.07) is 0. The highest BCUT2D eigenvalue weighted by molar-refractivity contribution is 9.10. The van der Waals surface area contributed by atoms with Crippen molar-refractivity contribution in [3.63, 3.8) is 0 Å².